The fourth-order valence-electron chi connectivity index (χ4n) is 3.26. The van der Waals surface area contributed by atoms with E-state index in [-0.39, 0.29) is 19.8 Å². The van der Waals surface area contributed by atoms with Crippen molar-refractivity contribution in [3.05, 3.63) is 118 Å². The number of nitrogens with zero attached hydrogens (tertiary/aromatic N) is 4. The molecule has 7 heteroatoms. The summed E-state index contributed by atoms with van der Waals surface area (Å²) in [4.78, 5) is 2.97. The molecule has 0 fully saturated rings. The molecule has 3 aromatic carbocycles. The Kier molecular flexibility index (Phi) is 9.95. The Morgan fingerprint density at radius 3 is 1.73 bits per heavy atom. The molecular weight excluding hydrogens is 416 g/mol. The smallest absolute Gasteiger partial charge is 0.170 e. The van der Waals surface area contributed by atoms with Crippen LogP contribution in [0.25, 0.3) is 10.4 Å². The van der Waals surface area contributed by atoms with Crippen LogP contribution in [0, 0.1) is 11.3 Å². The van der Waals surface area contributed by atoms with Crippen molar-refractivity contribution < 1.29 is 14.2 Å². The van der Waals surface area contributed by atoms with Gasteiger partial charge in [-0.1, -0.05) is 96.1 Å². The molecule has 0 aliphatic carbocycles. The minimum Gasteiger partial charge on any atom is -0.376 e. The first kappa shape index (κ1) is 24.0. The zero-order chi connectivity index (χ0) is 23.1. The summed E-state index contributed by atoms with van der Waals surface area (Å²) >= 11 is 0. The first-order valence-corrected chi connectivity index (χ1v) is 10.7. The van der Waals surface area contributed by atoms with E-state index in [4.69, 9.17) is 14.2 Å². The quantitative estimate of drug-likeness (QED) is 0.196. The van der Waals surface area contributed by atoms with E-state index in [2.05, 4.69) is 16.1 Å². The molecule has 0 saturated carbocycles. The highest BCUT2D eigenvalue weighted by molar-refractivity contribution is 5.15. The molecule has 0 saturated heterocycles. The van der Waals surface area contributed by atoms with Crippen molar-refractivity contribution >= 4 is 0 Å². The number of hydrogen-bond acceptors (Lipinski definition) is 5. The van der Waals surface area contributed by atoms with E-state index < -0.39 is 18.2 Å². The largest absolute Gasteiger partial charge is 0.376 e. The third-order valence-electron chi connectivity index (χ3n) is 4.96. The van der Waals surface area contributed by atoms with Crippen molar-refractivity contribution in [1.29, 1.82) is 5.26 Å². The monoisotopic (exact) mass is 442 g/mol. The van der Waals surface area contributed by atoms with Crippen LogP contribution in [0.15, 0.2) is 96.1 Å². The van der Waals surface area contributed by atoms with Crippen LogP contribution in [-0.4, -0.2) is 24.9 Å². The van der Waals surface area contributed by atoms with E-state index in [1.165, 1.54) is 0 Å². The van der Waals surface area contributed by atoms with Gasteiger partial charge in [0.2, 0.25) is 0 Å². The SMILES string of the molecule is N#C[C@@H](OCc1ccccc1)[C@H](OCc1ccccc1)[C@@H](COCc1ccccc1)N=[N+]=[N-]. The Balaban J connectivity index is 1.72. The molecule has 168 valence electrons. The average molecular weight is 443 g/mol. The second kappa shape index (κ2) is 13.7. The van der Waals surface area contributed by atoms with Gasteiger partial charge in [0.1, 0.15) is 6.10 Å². The fraction of sp³-hybridized carbons (Fsp3) is 0.269. The first-order chi connectivity index (χ1) is 16.3. The van der Waals surface area contributed by atoms with Crippen molar-refractivity contribution in [3.8, 4) is 6.07 Å². The zero-order valence-corrected chi connectivity index (χ0v) is 18.2. The van der Waals surface area contributed by atoms with Crippen LogP contribution in [0.1, 0.15) is 16.7 Å². The summed E-state index contributed by atoms with van der Waals surface area (Å²) in [7, 11) is 0. The lowest BCUT2D eigenvalue weighted by Gasteiger charge is -2.28. The lowest BCUT2D eigenvalue weighted by molar-refractivity contribution is -0.0832. The summed E-state index contributed by atoms with van der Waals surface area (Å²) in [6, 6.07) is 30.3. The Labute approximate surface area is 193 Å². The summed E-state index contributed by atoms with van der Waals surface area (Å²) in [5.41, 5.74) is 12.0. The molecule has 3 rings (SSSR count). The molecule has 0 radical (unpaired) electrons. The topological polar surface area (TPSA) is 100 Å². The average Bonchev–Trinajstić information content (AvgIpc) is 2.87. The van der Waals surface area contributed by atoms with Crippen molar-refractivity contribution in [2.45, 2.75) is 38.1 Å². The van der Waals surface area contributed by atoms with Gasteiger partial charge in [0, 0.05) is 4.91 Å². The van der Waals surface area contributed by atoms with Gasteiger partial charge >= 0.3 is 0 Å². The second-order valence-corrected chi connectivity index (χ2v) is 7.38. The highest BCUT2D eigenvalue weighted by atomic mass is 16.5. The predicted octanol–water partition coefficient (Wildman–Crippen LogP) is 5.58. The lowest BCUT2D eigenvalue weighted by atomic mass is 10.1. The summed E-state index contributed by atoms with van der Waals surface area (Å²) < 4.78 is 17.8. The van der Waals surface area contributed by atoms with Gasteiger partial charge < -0.3 is 14.2 Å². The maximum absolute atomic E-state index is 9.86. The van der Waals surface area contributed by atoms with Crippen LogP contribution in [0.3, 0.4) is 0 Å². The van der Waals surface area contributed by atoms with Crippen LogP contribution in [0.5, 0.6) is 0 Å². The molecule has 0 aliphatic rings. The Bertz CT molecular complexity index is 1040. The first-order valence-electron chi connectivity index (χ1n) is 10.7. The Morgan fingerprint density at radius 2 is 1.24 bits per heavy atom. The molecule has 0 unspecified atom stereocenters. The second-order valence-electron chi connectivity index (χ2n) is 7.38. The molecule has 7 nitrogen and oxygen atoms in total. The summed E-state index contributed by atoms with van der Waals surface area (Å²) in [5.74, 6) is 0. The zero-order valence-electron chi connectivity index (χ0n) is 18.2. The normalized spacial score (nSPS) is 13.3. The number of hydrogen-bond donors (Lipinski definition) is 0. The number of rotatable bonds is 13. The molecule has 0 N–H and O–H groups in total. The van der Waals surface area contributed by atoms with Gasteiger partial charge in [-0.3, -0.25) is 0 Å². The third kappa shape index (κ3) is 8.08. The van der Waals surface area contributed by atoms with Crippen molar-refractivity contribution in [3.63, 3.8) is 0 Å². The molecule has 0 aromatic heterocycles. The van der Waals surface area contributed by atoms with Crippen LogP contribution in [0.2, 0.25) is 0 Å². The molecule has 0 bridgehead atoms. The summed E-state index contributed by atoms with van der Waals surface area (Å²) in [6.45, 7) is 0.920. The van der Waals surface area contributed by atoms with Gasteiger partial charge in [-0.15, -0.1) is 0 Å². The number of ether oxygens (including phenoxy) is 3. The van der Waals surface area contributed by atoms with Crippen LogP contribution < -0.4 is 0 Å². The van der Waals surface area contributed by atoms with E-state index in [9.17, 15) is 10.8 Å². The lowest BCUT2D eigenvalue weighted by Crippen LogP contribution is -2.42. The molecule has 0 spiro atoms. The van der Waals surface area contributed by atoms with Crippen LogP contribution >= 0.6 is 0 Å². The van der Waals surface area contributed by atoms with Gasteiger partial charge in [0.15, 0.2) is 6.10 Å². The standard InChI is InChI=1S/C26H26N4O3/c27-16-25(32-18-22-12-6-2-7-13-22)26(33-19-23-14-8-3-9-15-23)24(29-30-28)20-31-17-21-10-4-1-5-11-21/h1-15,24-26H,17-20H2/t24-,25-,26-/m1/s1. The van der Waals surface area contributed by atoms with Crippen molar-refractivity contribution in [2.24, 2.45) is 5.11 Å². The van der Waals surface area contributed by atoms with Gasteiger partial charge in [-0.2, -0.15) is 5.26 Å². The van der Waals surface area contributed by atoms with E-state index in [1.807, 2.05) is 91.0 Å². The predicted molar refractivity (Wildman–Crippen MR) is 125 cm³/mol. The molecule has 0 amide bonds. The minimum absolute atomic E-state index is 0.0886. The maximum atomic E-state index is 9.86. The third-order valence-corrected chi connectivity index (χ3v) is 4.96. The highest BCUT2D eigenvalue weighted by Gasteiger charge is 2.31. The van der Waals surface area contributed by atoms with Crippen LogP contribution in [-0.2, 0) is 34.0 Å². The maximum Gasteiger partial charge on any atom is 0.170 e. The van der Waals surface area contributed by atoms with E-state index in [0.717, 1.165) is 16.7 Å². The molecule has 3 atom stereocenters. The molecule has 0 aliphatic heterocycles. The van der Waals surface area contributed by atoms with Crippen LogP contribution in [0.4, 0.5) is 0 Å². The van der Waals surface area contributed by atoms with Crippen molar-refractivity contribution in [2.75, 3.05) is 6.61 Å². The molecule has 0 heterocycles. The summed E-state index contributed by atoms with van der Waals surface area (Å²) in [5, 5.41) is 13.8. The van der Waals surface area contributed by atoms with E-state index in [1.54, 1.807) is 0 Å². The number of azide groups is 1. The molecule has 33 heavy (non-hydrogen) atoms. The van der Waals surface area contributed by atoms with Crippen molar-refractivity contribution in [1.82, 2.24) is 0 Å². The van der Waals surface area contributed by atoms with Gasteiger partial charge in [0.25, 0.3) is 0 Å². The highest BCUT2D eigenvalue weighted by Crippen LogP contribution is 2.18. The molecular formula is C26H26N4O3. The number of nitriles is 1. The summed E-state index contributed by atoms with van der Waals surface area (Å²) in [6.07, 6.45) is -1.77. The Hall–Kier alpha value is -3.66. The van der Waals surface area contributed by atoms with Gasteiger partial charge in [-0.25, -0.2) is 0 Å². The van der Waals surface area contributed by atoms with E-state index >= 15 is 0 Å². The van der Waals surface area contributed by atoms with Gasteiger partial charge in [-0.05, 0) is 22.2 Å². The minimum atomic E-state index is -0.954. The van der Waals surface area contributed by atoms with E-state index in [0.29, 0.717) is 6.61 Å². The fourth-order valence-corrected chi connectivity index (χ4v) is 3.26. The number of benzene rings is 3. The molecule has 3 aromatic rings. The Morgan fingerprint density at radius 1 is 0.758 bits per heavy atom. The van der Waals surface area contributed by atoms with Gasteiger partial charge in [0.05, 0.1) is 38.5 Å².